The van der Waals surface area contributed by atoms with E-state index in [-0.39, 0.29) is 0 Å². The maximum atomic E-state index is 4.28. The fourth-order valence-corrected chi connectivity index (χ4v) is 2.13. The predicted molar refractivity (Wildman–Crippen MR) is 59.4 cm³/mol. The van der Waals surface area contributed by atoms with E-state index in [2.05, 4.69) is 29.4 Å². The van der Waals surface area contributed by atoms with Crippen molar-refractivity contribution in [3.8, 4) is 0 Å². The molecule has 1 fully saturated rings. The molecule has 2 nitrogen and oxygen atoms in total. The number of aryl methyl sites for hydroxylation is 1. The maximum Gasteiger partial charge on any atom is 0.0529 e. The zero-order valence-electron chi connectivity index (χ0n) is 8.96. The molecule has 0 aliphatic heterocycles. The van der Waals surface area contributed by atoms with Crippen molar-refractivity contribution in [3.63, 3.8) is 0 Å². The molecule has 0 aromatic carbocycles. The summed E-state index contributed by atoms with van der Waals surface area (Å²) in [6, 6.07) is 4.83. The minimum absolute atomic E-state index is 0.652. The number of hydrogen-bond donors (Lipinski definition) is 1. The lowest BCUT2D eigenvalue weighted by molar-refractivity contribution is 0.556. The summed E-state index contributed by atoms with van der Waals surface area (Å²) >= 11 is 0. The zero-order chi connectivity index (χ0) is 9.97. The molecule has 1 aromatic rings. The van der Waals surface area contributed by atoms with Gasteiger partial charge in [-0.2, -0.15) is 0 Å². The molecule has 1 heterocycles. The van der Waals surface area contributed by atoms with Gasteiger partial charge < -0.3 is 5.32 Å². The van der Waals surface area contributed by atoms with Crippen LogP contribution in [0.5, 0.6) is 0 Å². The third-order valence-electron chi connectivity index (χ3n) is 3.12. The second-order valence-corrected chi connectivity index (χ2v) is 4.35. The monoisotopic (exact) mass is 190 g/mol. The van der Waals surface area contributed by atoms with E-state index >= 15 is 0 Å². The summed E-state index contributed by atoms with van der Waals surface area (Å²) < 4.78 is 0. The first-order chi connectivity index (χ1) is 6.75. The lowest BCUT2D eigenvalue weighted by atomic mass is 10.1. The zero-order valence-corrected chi connectivity index (χ0v) is 8.96. The Hall–Kier alpha value is -1.05. The van der Waals surface area contributed by atoms with Crippen LogP contribution in [0.4, 0.5) is 5.69 Å². The average molecular weight is 190 g/mol. The smallest absolute Gasteiger partial charge is 0.0529 e. The Morgan fingerprint density at radius 3 is 2.79 bits per heavy atom. The molecule has 2 heteroatoms. The van der Waals surface area contributed by atoms with Gasteiger partial charge in [0.1, 0.15) is 0 Å². The fourth-order valence-electron chi connectivity index (χ4n) is 2.13. The van der Waals surface area contributed by atoms with Crippen molar-refractivity contribution in [2.75, 3.05) is 5.32 Å². The van der Waals surface area contributed by atoms with Crippen LogP contribution in [-0.4, -0.2) is 11.0 Å². The van der Waals surface area contributed by atoms with Crippen LogP contribution < -0.4 is 5.32 Å². The van der Waals surface area contributed by atoms with Gasteiger partial charge in [-0.3, -0.25) is 4.98 Å². The van der Waals surface area contributed by atoms with Crippen LogP contribution in [0.25, 0.3) is 0 Å². The van der Waals surface area contributed by atoms with Gasteiger partial charge in [-0.15, -0.1) is 0 Å². The number of hydrogen-bond acceptors (Lipinski definition) is 2. The molecular weight excluding hydrogens is 172 g/mol. The Morgan fingerprint density at radius 2 is 2.21 bits per heavy atom. The van der Waals surface area contributed by atoms with Gasteiger partial charge in [-0.05, 0) is 37.8 Å². The Kier molecular flexibility index (Phi) is 2.71. The molecule has 0 spiro atoms. The van der Waals surface area contributed by atoms with E-state index in [4.69, 9.17) is 0 Å². The largest absolute Gasteiger partial charge is 0.381 e. The summed E-state index contributed by atoms with van der Waals surface area (Å²) in [6.07, 6.45) is 5.95. The van der Waals surface area contributed by atoms with E-state index in [1.54, 1.807) is 0 Å². The van der Waals surface area contributed by atoms with Gasteiger partial charge in [0.2, 0.25) is 0 Å². The first-order valence-electron chi connectivity index (χ1n) is 5.45. The van der Waals surface area contributed by atoms with E-state index in [1.165, 1.54) is 19.3 Å². The normalized spacial score (nSPS) is 26.4. The molecule has 0 saturated heterocycles. The van der Waals surface area contributed by atoms with Crippen LogP contribution in [0.3, 0.4) is 0 Å². The first kappa shape index (κ1) is 9.50. The molecule has 1 N–H and O–H groups in total. The Bertz CT molecular complexity index is 292. The van der Waals surface area contributed by atoms with E-state index < -0.39 is 0 Å². The summed E-state index contributed by atoms with van der Waals surface area (Å²) in [6.45, 7) is 4.34. The Labute approximate surface area is 85.7 Å². The summed E-state index contributed by atoms with van der Waals surface area (Å²) in [5.41, 5.74) is 2.24. The minimum atomic E-state index is 0.652. The molecule has 0 amide bonds. The molecule has 1 saturated carbocycles. The van der Waals surface area contributed by atoms with Crippen molar-refractivity contribution in [1.82, 2.24) is 4.98 Å². The molecule has 0 unspecified atom stereocenters. The van der Waals surface area contributed by atoms with Gasteiger partial charge in [0.05, 0.1) is 11.9 Å². The van der Waals surface area contributed by atoms with Crippen molar-refractivity contribution in [2.45, 2.75) is 39.2 Å². The summed E-state index contributed by atoms with van der Waals surface area (Å²) in [5, 5.41) is 3.56. The highest BCUT2D eigenvalue weighted by Crippen LogP contribution is 2.27. The highest BCUT2D eigenvalue weighted by atomic mass is 14.9. The van der Waals surface area contributed by atoms with Gasteiger partial charge in [0.15, 0.2) is 0 Å². The first-order valence-corrected chi connectivity index (χ1v) is 5.45. The molecular formula is C12H18N2. The van der Waals surface area contributed by atoms with Crippen LogP contribution in [0.15, 0.2) is 18.3 Å². The molecule has 1 aliphatic carbocycles. The third kappa shape index (κ3) is 2.06. The Balaban J connectivity index is 2.00. The molecule has 2 rings (SSSR count). The summed E-state index contributed by atoms with van der Waals surface area (Å²) in [7, 11) is 0. The second kappa shape index (κ2) is 3.99. The van der Waals surface area contributed by atoms with E-state index in [1.807, 2.05) is 13.1 Å². The van der Waals surface area contributed by atoms with Crippen LogP contribution in [0.2, 0.25) is 0 Å². The third-order valence-corrected chi connectivity index (χ3v) is 3.12. The van der Waals surface area contributed by atoms with Crippen LogP contribution in [0.1, 0.15) is 31.9 Å². The number of aromatic nitrogens is 1. The van der Waals surface area contributed by atoms with Crippen molar-refractivity contribution in [1.29, 1.82) is 0 Å². The van der Waals surface area contributed by atoms with E-state index in [0.717, 1.165) is 17.3 Å². The summed E-state index contributed by atoms with van der Waals surface area (Å²) in [4.78, 5) is 4.28. The van der Waals surface area contributed by atoms with Crippen LogP contribution in [0, 0.1) is 12.8 Å². The highest BCUT2D eigenvalue weighted by molar-refractivity contribution is 5.42. The van der Waals surface area contributed by atoms with Crippen LogP contribution in [-0.2, 0) is 0 Å². The minimum Gasteiger partial charge on any atom is -0.381 e. The SMILES string of the molecule is Cc1ccc(N[C@@H]2CCC[C@@H]2C)cn1. The predicted octanol–water partition coefficient (Wildman–Crippen LogP) is 2.99. The van der Waals surface area contributed by atoms with Crippen molar-refractivity contribution in [3.05, 3.63) is 24.0 Å². The lowest BCUT2D eigenvalue weighted by Crippen LogP contribution is -2.21. The highest BCUT2D eigenvalue weighted by Gasteiger charge is 2.22. The number of nitrogens with zero attached hydrogens (tertiary/aromatic N) is 1. The molecule has 1 aliphatic rings. The molecule has 14 heavy (non-hydrogen) atoms. The van der Waals surface area contributed by atoms with E-state index in [0.29, 0.717) is 6.04 Å². The molecule has 0 bridgehead atoms. The second-order valence-electron chi connectivity index (χ2n) is 4.35. The van der Waals surface area contributed by atoms with E-state index in [9.17, 15) is 0 Å². The van der Waals surface area contributed by atoms with Gasteiger partial charge >= 0.3 is 0 Å². The Morgan fingerprint density at radius 1 is 1.36 bits per heavy atom. The summed E-state index contributed by atoms with van der Waals surface area (Å²) in [5.74, 6) is 0.802. The van der Waals surface area contributed by atoms with Gasteiger partial charge in [-0.25, -0.2) is 0 Å². The van der Waals surface area contributed by atoms with Gasteiger partial charge in [0, 0.05) is 11.7 Å². The number of nitrogens with one attached hydrogen (secondary N) is 1. The molecule has 76 valence electrons. The quantitative estimate of drug-likeness (QED) is 0.775. The topological polar surface area (TPSA) is 24.9 Å². The van der Waals surface area contributed by atoms with Gasteiger partial charge in [0.25, 0.3) is 0 Å². The number of rotatable bonds is 2. The number of pyridine rings is 1. The van der Waals surface area contributed by atoms with Crippen molar-refractivity contribution < 1.29 is 0 Å². The number of anilines is 1. The molecule has 0 radical (unpaired) electrons. The molecule has 2 atom stereocenters. The van der Waals surface area contributed by atoms with Crippen LogP contribution >= 0.6 is 0 Å². The fraction of sp³-hybridized carbons (Fsp3) is 0.583. The lowest BCUT2D eigenvalue weighted by Gasteiger charge is -2.18. The maximum absolute atomic E-state index is 4.28. The van der Waals surface area contributed by atoms with Crippen molar-refractivity contribution >= 4 is 5.69 Å². The standard InChI is InChI=1S/C12H18N2/c1-9-4-3-5-12(9)14-11-7-6-10(2)13-8-11/h6-9,12,14H,3-5H2,1-2H3/t9-,12+/m0/s1. The average Bonchev–Trinajstić information content (AvgIpc) is 2.56. The van der Waals surface area contributed by atoms with Gasteiger partial charge in [-0.1, -0.05) is 13.3 Å². The molecule has 1 aromatic heterocycles. The van der Waals surface area contributed by atoms with Crippen molar-refractivity contribution in [2.24, 2.45) is 5.92 Å².